The predicted molar refractivity (Wildman–Crippen MR) is 80.3 cm³/mol. The quantitative estimate of drug-likeness (QED) is 0.721. The zero-order valence-corrected chi connectivity index (χ0v) is 11.5. The lowest BCUT2D eigenvalue weighted by Crippen LogP contribution is -1.92. The minimum Gasteiger partial charge on any atom is -0.494 e. The Kier molecular flexibility index (Phi) is 3.15. The highest BCUT2D eigenvalue weighted by molar-refractivity contribution is 7.22. The largest absolute Gasteiger partial charge is 0.494 e. The molecule has 6 heteroatoms. The number of anilines is 3. The number of fused-ring (bicyclic) bond motifs is 1. The van der Waals surface area contributed by atoms with Crippen LogP contribution in [0.15, 0.2) is 36.4 Å². The number of aromatic nitrogens is 1. The number of halogens is 1. The van der Waals surface area contributed by atoms with Crippen LogP contribution in [0.25, 0.3) is 10.2 Å². The van der Waals surface area contributed by atoms with E-state index in [1.807, 2.05) is 18.2 Å². The van der Waals surface area contributed by atoms with Crippen LogP contribution in [0.5, 0.6) is 5.75 Å². The fourth-order valence-corrected chi connectivity index (χ4v) is 2.79. The van der Waals surface area contributed by atoms with Crippen LogP contribution in [-0.2, 0) is 0 Å². The molecule has 0 aliphatic heterocycles. The van der Waals surface area contributed by atoms with Crippen molar-refractivity contribution in [1.82, 2.24) is 4.98 Å². The highest BCUT2D eigenvalue weighted by atomic mass is 32.1. The smallest absolute Gasteiger partial charge is 0.188 e. The van der Waals surface area contributed by atoms with E-state index < -0.39 is 5.82 Å². The molecule has 0 bridgehead atoms. The van der Waals surface area contributed by atoms with Crippen molar-refractivity contribution in [2.45, 2.75) is 0 Å². The number of nitrogen functional groups attached to an aromatic ring is 1. The minimum atomic E-state index is -0.393. The molecule has 4 nitrogen and oxygen atoms in total. The van der Waals surface area contributed by atoms with E-state index in [9.17, 15) is 4.39 Å². The van der Waals surface area contributed by atoms with Gasteiger partial charge in [0.2, 0.25) is 0 Å². The average Bonchev–Trinajstić information content (AvgIpc) is 2.82. The predicted octanol–water partition coefficient (Wildman–Crippen LogP) is 3.77. The molecule has 3 aromatic rings. The Labute approximate surface area is 119 Å². The van der Waals surface area contributed by atoms with Gasteiger partial charge in [0, 0.05) is 17.4 Å². The van der Waals surface area contributed by atoms with Crippen LogP contribution < -0.4 is 15.8 Å². The minimum absolute atomic E-state index is 0.195. The molecule has 0 saturated carbocycles. The second kappa shape index (κ2) is 4.97. The summed E-state index contributed by atoms with van der Waals surface area (Å²) in [5.41, 5.74) is 8.04. The second-order valence-corrected chi connectivity index (χ2v) is 5.25. The molecule has 0 radical (unpaired) electrons. The summed E-state index contributed by atoms with van der Waals surface area (Å²) in [5, 5.41) is 3.86. The van der Waals surface area contributed by atoms with Crippen molar-refractivity contribution in [3.05, 3.63) is 42.2 Å². The van der Waals surface area contributed by atoms with Gasteiger partial charge >= 0.3 is 0 Å². The summed E-state index contributed by atoms with van der Waals surface area (Å²) >= 11 is 1.49. The van der Waals surface area contributed by atoms with Crippen molar-refractivity contribution in [1.29, 1.82) is 0 Å². The third kappa shape index (κ3) is 2.37. The molecule has 1 heterocycles. The van der Waals surface area contributed by atoms with Crippen LogP contribution in [0.1, 0.15) is 0 Å². The van der Waals surface area contributed by atoms with Gasteiger partial charge in [-0.05, 0) is 30.3 Å². The van der Waals surface area contributed by atoms with Crippen LogP contribution in [0.4, 0.5) is 20.9 Å². The SMILES string of the molecule is COc1cc(Nc2nc3ccc(N)cc3s2)ccc1F. The van der Waals surface area contributed by atoms with Gasteiger partial charge in [0.1, 0.15) is 0 Å². The van der Waals surface area contributed by atoms with Crippen molar-refractivity contribution in [3.8, 4) is 5.75 Å². The van der Waals surface area contributed by atoms with Crippen LogP contribution in [-0.4, -0.2) is 12.1 Å². The summed E-state index contributed by atoms with van der Waals surface area (Å²) in [5.74, 6) is -0.199. The first-order chi connectivity index (χ1) is 9.65. The lowest BCUT2D eigenvalue weighted by Gasteiger charge is -2.06. The van der Waals surface area contributed by atoms with E-state index in [4.69, 9.17) is 10.5 Å². The second-order valence-electron chi connectivity index (χ2n) is 4.22. The number of nitrogens with one attached hydrogen (secondary N) is 1. The van der Waals surface area contributed by atoms with Crippen LogP contribution in [0, 0.1) is 5.82 Å². The molecule has 2 aromatic carbocycles. The Balaban J connectivity index is 1.92. The summed E-state index contributed by atoms with van der Waals surface area (Å²) < 4.78 is 19.3. The van der Waals surface area contributed by atoms with Gasteiger partial charge < -0.3 is 15.8 Å². The molecule has 0 spiro atoms. The third-order valence-electron chi connectivity index (χ3n) is 2.81. The van der Waals surface area contributed by atoms with Gasteiger partial charge in [-0.1, -0.05) is 11.3 Å². The number of nitrogens with two attached hydrogens (primary N) is 1. The van der Waals surface area contributed by atoms with Crippen molar-refractivity contribution >= 4 is 38.1 Å². The first kappa shape index (κ1) is 12.7. The van der Waals surface area contributed by atoms with Gasteiger partial charge in [-0.25, -0.2) is 9.37 Å². The number of benzene rings is 2. The molecular weight excluding hydrogens is 277 g/mol. The van der Waals surface area contributed by atoms with Gasteiger partial charge in [-0.15, -0.1) is 0 Å². The van der Waals surface area contributed by atoms with E-state index in [0.717, 1.165) is 21.0 Å². The molecule has 3 N–H and O–H groups in total. The lowest BCUT2D eigenvalue weighted by molar-refractivity contribution is 0.387. The molecule has 20 heavy (non-hydrogen) atoms. The van der Waals surface area contributed by atoms with Gasteiger partial charge in [-0.2, -0.15) is 0 Å². The molecule has 0 saturated heterocycles. The Bertz CT molecular complexity index is 772. The monoisotopic (exact) mass is 289 g/mol. The van der Waals surface area contributed by atoms with E-state index in [-0.39, 0.29) is 5.75 Å². The number of hydrogen-bond donors (Lipinski definition) is 2. The maximum absolute atomic E-state index is 13.3. The van der Waals surface area contributed by atoms with Crippen LogP contribution in [0.2, 0.25) is 0 Å². The normalized spacial score (nSPS) is 10.7. The van der Waals surface area contributed by atoms with Crippen LogP contribution in [0.3, 0.4) is 0 Å². The summed E-state index contributed by atoms with van der Waals surface area (Å²) in [6, 6.07) is 10.1. The number of methoxy groups -OCH3 is 1. The van der Waals surface area contributed by atoms with E-state index >= 15 is 0 Å². The summed E-state index contributed by atoms with van der Waals surface area (Å²) in [7, 11) is 1.43. The average molecular weight is 289 g/mol. The molecular formula is C14H12FN3OS. The summed E-state index contributed by atoms with van der Waals surface area (Å²) in [6.45, 7) is 0. The number of hydrogen-bond acceptors (Lipinski definition) is 5. The Morgan fingerprint density at radius 1 is 1.25 bits per heavy atom. The first-order valence-corrected chi connectivity index (χ1v) is 6.74. The van der Waals surface area contributed by atoms with Gasteiger partial charge in [-0.3, -0.25) is 0 Å². The lowest BCUT2D eigenvalue weighted by atomic mass is 10.3. The molecule has 0 fully saturated rings. The van der Waals surface area contributed by atoms with Crippen LogP contribution >= 0.6 is 11.3 Å². The third-order valence-corrected chi connectivity index (χ3v) is 3.75. The number of thiazole rings is 1. The summed E-state index contributed by atoms with van der Waals surface area (Å²) in [4.78, 5) is 4.44. The molecule has 102 valence electrons. The molecule has 0 aliphatic rings. The van der Waals surface area contributed by atoms with Gasteiger partial charge in [0.05, 0.1) is 17.3 Å². The molecule has 0 atom stereocenters. The van der Waals surface area contributed by atoms with Gasteiger partial charge in [0.15, 0.2) is 16.7 Å². The molecule has 0 unspecified atom stereocenters. The molecule has 0 amide bonds. The number of nitrogens with zero attached hydrogens (tertiary/aromatic N) is 1. The standard InChI is InChI=1S/C14H12FN3OS/c1-19-12-7-9(3-4-10(12)15)17-14-18-11-5-2-8(16)6-13(11)20-14/h2-7H,16H2,1H3,(H,17,18). The van der Waals surface area contributed by atoms with E-state index in [1.165, 1.54) is 24.5 Å². The zero-order chi connectivity index (χ0) is 14.1. The van der Waals surface area contributed by atoms with E-state index in [2.05, 4.69) is 10.3 Å². The summed E-state index contributed by atoms with van der Waals surface area (Å²) in [6.07, 6.45) is 0. The van der Waals surface area contributed by atoms with Gasteiger partial charge in [0.25, 0.3) is 0 Å². The molecule has 3 rings (SSSR count). The Morgan fingerprint density at radius 3 is 2.90 bits per heavy atom. The number of rotatable bonds is 3. The highest BCUT2D eigenvalue weighted by Gasteiger charge is 2.07. The van der Waals surface area contributed by atoms with E-state index in [1.54, 1.807) is 12.1 Å². The van der Waals surface area contributed by atoms with E-state index in [0.29, 0.717) is 5.69 Å². The maximum Gasteiger partial charge on any atom is 0.188 e. The Hall–Kier alpha value is -2.34. The van der Waals surface area contributed by atoms with Crippen molar-refractivity contribution in [3.63, 3.8) is 0 Å². The zero-order valence-electron chi connectivity index (χ0n) is 10.7. The number of ether oxygens (including phenoxy) is 1. The Morgan fingerprint density at radius 2 is 2.10 bits per heavy atom. The maximum atomic E-state index is 13.3. The topological polar surface area (TPSA) is 60.2 Å². The van der Waals surface area contributed by atoms with Crippen molar-refractivity contribution < 1.29 is 9.13 Å². The van der Waals surface area contributed by atoms with Crippen molar-refractivity contribution in [2.75, 3.05) is 18.2 Å². The fourth-order valence-electron chi connectivity index (χ4n) is 1.86. The van der Waals surface area contributed by atoms with Crippen molar-refractivity contribution in [2.24, 2.45) is 0 Å². The molecule has 0 aliphatic carbocycles. The fraction of sp³-hybridized carbons (Fsp3) is 0.0714. The first-order valence-electron chi connectivity index (χ1n) is 5.92. The highest BCUT2D eigenvalue weighted by Crippen LogP contribution is 2.31. The molecule has 1 aromatic heterocycles.